The van der Waals surface area contributed by atoms with Crippen LogP contribution in [0.25, 0.3) is 0 Å². The fourth-order valence-corrected chi connectivity index (χ4v) is 2.36. The Bertz CT molecular complexity index is 411. The summed E-state index contributed by atoms with van der Waals surface area (Å²) in [5, 5.41) is 2.26. The number of anilines is 1. The molecule has 0 aliphatic carbocycles. The van der Waals surface area contributed by atoms with E-state index in [4.69, 9.17) is 18.0 Å². The molecule has 0 spiro atoms. The second-order valence-corrected chi connectivity index (χ2v) is 4.96. The first kappa shape index (κ1) is 12.3. The second kappa shape index (κ2) is 5.47. The van der Waals surface area contributed by atoms with Crippen LogP contribution in [0.4, 0.5) is 5.69 Å². The van der Waals surface area contributed by atoms with Crippen LogP contribution in [0, 0.1) is 6.92 Å². The zero-order valence-corrected chi connectivity index (χ0v) is 11.0. The normalized spacial score (nSPS) is 16.8. The van der Waals surface area contributed by atoms with E-state index < -0.39 is 0 Å². The van der Waals surface area contributed by atoms with Gasteiger partial charge in [-0.2, -0.15) is 0 Å². The highest BCUT2D eigenvalue weighted by Gasteiger charge is 2.13. The number of para-hydroxylation sites is 1. The number of nitrogens with one attached hydrogen (secondary N) is 1. The van der Waals surface area contributed by atoms with E-state index in [1.165, 1.54) is 24.8 Å². The van der Waals surface area contributed by atoms with Crippen molar-refractivity contribution in [2.24, 2.45) is 5.73 Å². The number of piperidine rings is 1. The summed E-state index contributed by atoms with van der Waals surface area (Å²) >= 11 is 5.10. The minimum atomic E-state index is 0.452. The van der Waals surface area contributed by atoms with E-state index >= 15 is 0 Å². The van der Waals surface area contributed by atoms with Gasteiger partial charge in [0.1, 0.15) is 4.99 Å². The molecule has 0 bridgehead atoms. The number of aryl methyl sites for hydroxylation is 1. The molecule has 0 amide bonds. The topological polar surface area (TPSA) is 41.3 Å². The third kappa shape index (κ3) is 2.96. The molecule has 1 saturated heterocycles. The number of thiocarbonyl (C=S) groups is 1. The Kier molecular flexibility index (Phi) is 3.97. The van der Waals surface area contributed by atoms with Crippen molar-refractivity contribution < 1.29 is 0 Å². The average molecular weight is 249 g/mol. The first-order chi connectivity index (χ1) is 8.18. The van der Waals surface area contributed by atoms with Gasteiger partial charge in [0.25, 0.3) is 0 Å². The molecule has 1 aliphatic rings. The third-order valence-electron chi connectivity index (χ3n) is 3.16. The van der Waals surface area contributed by atoms with Gasteiger partial charge in [-0.25, -0.2) is 5.01 Å². The highest BCUT2D eigenvalue weighted by Crippen LogP contribution is 2.22. The Balaban J connectivity index is 2.21. The quantitative estimate of drug-likeness (QED) is 0.807. The van der Waals surface area contributed by atoms with Gasteiger partial charge in [0, 0.05) is 18.7 Å². The zero-order chi connectivity index (χ0) is 12.3. The first-order valence-corrected chi connectivity index (χ1v) is 6.50. The van der Waals surface area contributed by atoms with Crippen LogP contribution in [0.5, 0.6) is 0 Å². The second-order valence-electron chi connectivity index (χ2n) is 4.52. The summed E-state index contributed by atoms with van der Waals surface area (Å²) < 4.78 is 0. The molecule has 4 heteroatoms. The Morgan fingerprint density at radius 2 is 2.00 bits per heavy atom. The molecule has 1 heterocycles. The molecule has 17 heavy (non-hydrogen) atoms. The largest absolute Gasteiger partial charge is 0.389 e. The van der Waals surface area contributed by atoms with Crippen LogP contribution in [0.1, 0.15) is 30.4 Å². The average Bonchev–Trinajstić information content (AvgIpc) is 2.33. The molecule has 2 rings (SSSR count). The maximum Gasteiger partial charge on any atom is 0.106 e. The van der Waals surface area contributed by atoms with Gasteiger partial charge in [0.2, 0.25) is 0 Å². The lowest BCUT2D eigenvalue weighted by Gasteiger charge is -2.29. The molecule has 1 aromatic carbocycles. The van der Waals surface area contributed by atoms with Crippen molar-refractivity contribution in [3.8, 4) is 0 Å². The highest BCUT2D eigenvalue weighted by molar-refractivity contribution is 7.80. The van der Waals surface area contributed by atoms with E-state index in [9.17, 15) is 0 Å². The SMILES string of the molecule is Cc1cccc(C(N)=S)c1NN1CCCCC1. The smallest absolute Gasteiger partial charge is 0.106 e. The molecular weight excluding hydrogens is 230 g/mol. The van der Waals surface area contributed by atoms with Gasteiger partial charge in [-0.05, 0) is 31.4 Å². The van der Waals surface area contributed by atoms with Gasteiger partial charge >= 0.3 is 0 Å². The van der Waals surface area contributed by atoms with Gasteiger partial charge in [0.05, 0.1) is 5.69 Å². The van der Waals surface area contributed by atoms with Crippen molar-refractivity contribution in [2.75, 3.05) is 18.5 Å². The van der Waals surface area contributed by atoms with Crippen LogP contribution in [-0.2, 0) is 0 Å². The van der Waals surface area contributed by atoms with E-state index in [2.05, 4.69) is 23.4 Å². The summed E-state index contributed by atoms with van der Waals surface area (Å²) in [5.41, 5.74) is 12.4. The number of benzene rings is 1. The van der Waals surface area contributed by atoms with Crippen molar-refractivity contribution in [2.45, 2.75) is 26.2 Å². The molecule has 1 aromatic rings. The molecule has 0 unspecified atom stereocenters. The number of rotatable bonds is 3. The summed E-state index contributed by atoms with van der Waals surface area (Å²) in [7, 11) is 0. The van der Waals surface area contributed by atoms with Crippen molar-refractivity contribution in [1.29, 1.82) is 0 Å². The maximum absolute atomic E-state index is 5.76. The Labute approximate surface area is 108 Å². The van der Waals surface area contributed by atoms with Crippen molar-refractivity contribution in [3.05, 3.63) is 29.3 Å². The van der Waals surface area contributed by atoms with E-state index in [0.29, 0.717) is 4.99 Å². The van der Waals surface area contributed by atoms with Gasteiger partial charge in [-0.1, -0.05) is 30.8 Å². The summed E-state index contributed by atoms with van der Waals surface area (Å²) in [5.74, 6) is 0. The first-order valence-electron chi connectivity index (χ1n) is 6.09. The van der Waals surface area contributed by atoms with Gasteiger partial charge < -0.3 is 11.2 Å². The van der Waals surface area contributed by atoms with E-state index in [1.54, 1.807) is 0 Å². The Morgan fingerprint density at radius 3 is 2.65 bits per heavy atom. The molecule has 0 atom stereocenters. The lowest BCUT2D eigenvalue weighted by molar-refractivity contribution is 0.273. The molecule has 0 radical (unpaired) electrons. The summed E-state index contributed by atoms with van der Waals surface area (Å²) in [6.45, 7) is 4.25. The Morgan fingerprint density at radius 1 is 1.29 bits per heavy atom. The van der Waals surface area contributed by atoms with Gasteiger partial charge in [-0.3, -0.25) is 0 Å². The van der Waals surface area contributed by atoms with Crippen LogP contribution < -0.4 is 11.2 Å². The lowest BCUT2D eigenvalue weighted by Crippen LogP contribution is -2.35. The third-order valence-corrected chi connectivity index (χ3v) is 3.38. The molecule has 92 valence electrons. The minimum absolute atomic E-state index is 0.452. The van der Waals surface area contributed by atoms with Crippen LogP contribution in [0.3, 0.4) is 0 Å². The maximum atomic E-state index is 5.76. The molecule has 0 aromatic heterocycles. The molecule has 3 N–H and O–H groups in total. The molecular formula is C13H19N3S. The van der Waals surface area contributed by atoms with E-state index in [1.807, 2.05) is 12.1 Å². The fourth-order valence-electron chi connectivity index (χ4n) is 2.19. The molecule has 0 saturated carbocycles. The molecule has 1 fully saturated rings. The summed E-state index contributed by atoms with van der Waals surface area (Å²) in [4.78, 5) is 0.452. The fraction of sp³-hybridized carbons (Fsp3) is 0.462. The number of nitrogens with two attached hydrogens (primary N) is 1. The van der Waals surface area contributed by atoms with E-state index in [0.717, 1.165) is 24.3 Å². The zero-order valence-electron chi connectivity index (χ0n) is 10.2. The Hall–Kier alpha value is -1.13. The minimum Gasteiger partial charge on any atom is -0.389 e. The number of hydrogen-bond donors (Lipinski definition) is 2. The predicted octanol–water partition coefficient (Wildman–Crippen LogP) is 2.44. The predicted molar refractivity (Wildman–Crippen MR) is 76.1 cm³/mol. The van der Waals surface area contributed by atoms with Crippen LogP contribution in [0.2, 0.25) is 0 Å². The molecule has 3 nitrogen and oxygen atoms in total. The van der Waals surface area contributed by atoms with Crippen LogP contribution in [-0.4, -0.2) is 23.1 Å². The number of nitrogens with zero attached hydrogens (tertiary/aromatic N) is 1. The number of hydrazine groups is 1. The van der Waals surface area contributed by atoms with Crippen molar-refractivity contribution in [3.63, 3.8) is 0 Å². The van der Waals surface area contributed by atoms with Gasteiger partial charge in [0.15, 0.2) is 0 Å². The monoisotopic (exact) mass is 249 g/mol. The van der Waals surface area contributed by atoms with Gasteiger partial charge in [-0.15, -0.1) is 0 Å². The molecule has 1 aliphatic heterocycles. The van der Waals surface area contributed by atoms with Crippen molar-refractivity contribution in [1.82, 2.24) is 5.01 Å². The van der Waals surface area contributed by atoms with E-state index in [-0.39, 0.29) is 0 Å². The van der Waals surface area contributed by atoms with Crippen LogP contribution >= 0.6 is 12.2 Å². The number of hydrogen-bond acceptors (Lipinski definition) is 3. The van der Waals surface area contributed by atoms with Crippen LogP contribution in [0.15, 0.2) is 18.2 Å². The standard InChI is InChI=1S/C13H19N3S/c1-10-6-5-7-11(13(14)17)12(10)15-16-8-3-2-4-9-16/h5-7,15H,2-4,8-9H2,1H3,(H2,14,17). The summed E-state index contributed by atoms with van der Waals surface area (Å²) in [6, 6.07) is 6.04. The lowest BCUT2D eigenvalue weighted by atomic mass is 10.1. The highest BCUT2D eigenvalue weighted by atomic mass is 32.1. The van der Waals surface area contributed by atoms with Crippen molar-refractivity contribution >= 4 is 22.9 Å². The summed E-state index contributed by atoms with van der Waals surface area (Å²) in [6.07, 6.45) is 3.83.